The average molecular weight is 451 g/mol. The minimum Gasteiger partial charge on any atom is -0.292 e. The van der Waals surface area contributed by atoms with E-state index in [0.717, 1.165) is 41.4 Å². The van der Waals surface area contributed by atoms with Gasteiger partial charge in [-0.25, -0.2) is 0 Å². The van der Waals surface area contributed by atoms with Gasteiger partial charge in [0.15, 0.2) is 5.16 Å². The summed E-state index contributed by atoms with van der Waals surface area (Å²) >= 11 is 3.53. The highest BCUT2D eigenvalue weighted by molar-refractivity contribution is 7.98. The Kier molecular flexibility index (Phi) is 5.11. The van der Waals surface area contributed by atoms with E-state index < -0.39 is 0 Å². The minimum absolute atomic E-state index is 0.0389. The second-order valence-corrected chi connectivity index (χ2v) is 10.8. The van der Waals surface area contributed by atoms with Crippen molar-refractivity contribution in [1.29, 1.82) is 0 Å². The number of aryl methyl sites for hydroxylation is 2. The summed E-state index contributed by atoms with van der Waals surface area (Å²) in [5.74, 6) is 0.821. The molecule has 0 amide bonds. The molecule has 1 fully saturated rings. The molecule has 1 aromatic carbocycles. The number of thiophene rings is 1. The first-order valence-corrected chi connectivity index (χ1v) is 13.2. The zero-order valence-corrected chi connectivity index (χ0v) is 19.2. The first-order chi connectivity index (χ1) is 15.3. The van der Waals surface area contributed by atoms with Crippen molar-refractivity contribution in [3.63, 3.8) is 0 Å². The van der Waals surface area contributed by atoms with Crippen LogP contribution >= 0.6 is 23.1 Å². The van der Waals surface area contributed by atoms with Crippen LogP contribution < -0.4 is 5.56 Å². The molecule has 0 unspecified atom stereocenters. The lowest BCUT2D eigenvalue weighted by Gasteiger charge is -2.24. The number of hydrogen-bond donors (Lipinski definition) is 0. The number of benzene rings is 1. The Balaban J connectivity index is 1.56. The molecule has 6 rings (SSSR count). The lowest BCUT2D eigenvalue weighted by atomic mass is 9.95. The maximum Gasteiger partial charge on any atom is 0.297 e. The molecule has 0 spiro atoms. The highest BCUT2D eigenvalue weighted by Crippen LogP contribution is 2.40. The molecule has 2 aliphatic rings. The molecule has 0 radical (unpaired) electrons. The van der Waals surface area contributed by atoms with Crippen LogP contribution in [0.15, 0.2) is 40.3 Å². The van der Waals surface area contributed by atoms with Gasteiger partial charge in [-0.2, -0.15) is 0 Å². The predicted molar refractivity (Wildman–Crippen MR) is 127 cm³/mol. The van der Waals surface area contributed by atoms with E-state index in [4.69, 9.17) is 0 Å². The van der Waals surface area contributed by atoms with Crippen LogP contribution in [-0.4, -0.2) is 19.2 Å². The molecular formula is C24H26N4OS2. The summed E-state index contributed by atoms with van der Waals surface area (Å²) in [6.07, 6.45) is 10.6. The molecule has 2 aliphatic carbocycles. The van der Waals surface area contributed by atoms with Gasteiger partial charge in [0, 0.05) is 16.7 Å². The van der Waals surface area contributed by atoms with Crippen LogP contribution in [0.5, 0.6) is 0 Å². The SMILES string of the molecule is O=c1c2nnc(SCc3ccccc3)n2c2c3c(sc2n1C1CCCCC1)CCCC3. The molecule has 0 bridgehead atoms. The van der Waals surface area contributed by atoms with Crippen molar-refractivity contribution in [2.75, 3.05) is 0 Å². The fourth-order valence-electron chi connectivity index (χ4n) is 5.23. The molecule has 4 aromatic rings. The average Bonchev–Trinajstić information content (AvgIpc) is 3.40. The third-order valence-corrected chi connectivity index (χ3v) is 9.04. The molecule has 3 aromatic heterocycles. The zero-order valence-electron chi connectivity index (χ0n) is 17.5. The van der Waals surface area contributed by atoms with Crippen molar-refractivity contribution in [2.24, 2.45) is 0 Å². The largest absolute Gasteiger partial charge is 0.297 e. The Morgan fingerprint density at radius 3 is 2.65 bits per heavy atom. The smallest absolute Gasteiger partial charge is 0.292 e. The number of hydrogen-bond acceptors (Lipinski definition) is 5. The van der Waals surface area contributed by atoms with Crippen LogP contribution in [-0.2, 0) is 18.6 Å². The quantitative estimate of drug-likeness (QED) is 0.370. The maximum absolute atomic E-state index is 13.7. The van der Waals surface area contributed by atoms with Crippen molar-refractivity contribution in [3.8, 4) is 0 Å². The summed E-state index contributed by atoms with van der Waals surface area (Å²) in [6, 6.07) is 10.7. The Morgan fingerprint density at radius 1 is 1.00 bits per heavy atom. The van der Waals surface area contributed by atoms with E-state index in [9.17, 15) is 4.79 Å². The van der Waals surface area contributed by atoms with Crippen molar-refractivity contribution in [2.45, 2.75) is 74.7 Å². The molecule has 160 valence electrons. The van der Waals surface area contributed by atoms with Crippen LogP contribution in [0.1, 0.15) is 67.0 Å². The van der Waals surface area contributed by atoms with E-state index >= 15 is 0 Å². The second kappa shape index (κ2) is 8.10. The van der Waals surface area contributed by atoms with Gasteiger partial charge in [0.2, 0.25) is 5.65 Å². The van der Waals surface area contributed by atoms with Gasteiger partial charge >= 0.3 is 0 Å². The summed E-state index contributed by atoms with van der Waals surface area (Å²) in [7, 11) is 0. The Bertz CT molecular complexity index is 1300. The molecule has 0 saturated heterocycles. The molecule has 0 aliphatic heterocycles. The third kappa shape index (κ3) is 3.33. The molecule has 0 N–H and O–H groups in total. The number of nitrogens with zero attached hydrogens (tertiary/aromatic N) is 4. The normalized spacial score (nSPS) is 17.4. The molecular weight excluding hydrogens is 424 g/mol. The molecule has 0 atom stereocenters. The van der Waals surface area contributed by atoms with Crippen molar-refractivity contribution in [3.05, 3.63) is 56.7 Å². The van der Waals surface area contributed by atoms with E-state index in [1.807, 2.05) is 17.4 Å². The van der Waals surface area contributed by atoms with E-state index in [2.05, 4.69) is 43.4 Å². The first kappa shape index (κ1) is 19.6. The van der Waals surface area contributed by atoms with Crippen molar-refractivity contribution in [1.82, 2.24) is 19.2 Å². The fourth-order valence-corrected chi connectivity index (χ4v) is 7.56. The van der Waals surface area contributed by atoms with E-state index in [0.29, 0.717) is 11.7 Å². The number of fused-ring (bicyclic) bond motifs is 5. The Labute approximate surface area is 189 Å². The van der Waals surface area contributed by atoms with E-state index in [1.54, 1.807) is 11.8 Å². The lowest BCUT2D eigenvalue weighted by Crippen LogP contribution is -2.28. The minimum atomic E-state index is 0.0389. The van der Waals surface area contributed by atoms with Crippen LogP contribution in [0.2, 0.25) is 0 Å². The van der Waals surface area contributed by atoms with Gasteiger partial charge < -0.3 is 0 Å². The summed E-state index contributed by atoms with van der Waals surface area (Å²) in [4.78, 5) is 16.3. The molecule has 3 heterocycles. The van der Waals surface area contributed by atoms with Gasteiger partial charge in [-0.3, -0.25) is 13.8 Å². The molecule has 1 saturated carbocycles. The number of thioether (sulfide) groups is 1. The predicted octanol–water partition coefficient (Wildman–Crippen LogP) is 5.78. The summed E-state index contributed by atoms with van der Waals surface area (Å²) in [5, 5.41) is 9.77. The lowest BCUT2D eigenvalue weighted by molar-refractivity contribution is 0.355. The van der Waals surface area contributed by atoms with Crippen LogP contribution in [0.3, 0.4) is 0 Å². The van der Waals surface area contributed by atoms with Gasteiger partial charge in [-0.1, -0.05) is 61.4 Å². The van der Waals surface area contributed by atoms with Crippen LogP contribution in [0.25, 0.3) is 16.0 Å². The second-order valence-electron chi connectivity index (χ2n) is 8.75. The Hall–Kier alpha value is -2.12. The monoisotopic (exact) mass is 450 g/mol. The number of aromatic nitrogens is 4. The van der Waals surface area contributed by atoms with Crippen molar-refractivity contribution < 1.29 is 0 Å². The Morgan fingerprint density at radius 2 is 1.81 bits per heavy atom. The van der Waals surface area contributed by atoms with Crippen LogP contribution in [0, 0.1) is 0 Å². The third-order valence-electron chi connectivity index (χ3n) is 6.76. The van der Waals surface area contributed by atoms with Gasteiger partial charge in [0.25, 0.3) is 5.56 Å². The topological polar surface area (TPSA) is 52.2 Å². The first-order valence-electron chi connectivity index (χ1n) is 11.4. The fraction of sp³-hybridized carbons (Fsp3) is 0.458. The molecule has 5 nitrogen and oxygen atoms in total. The summed E-state index contributed by atoms with van der Waals surface area (Å²) in [5.41, 5.74) is 4.43. The summed E-state index contributed by atoms with van der Waals surface area (Å²) < 4.78 is 4.19. The van der Waals surface area contributed by atoms with Gasteiger partial charge in [0.05, 0.1) is 5.52 Å². The molecule has 7 heteroatoms. The van der Waals surface area contributed by atoms with Gasteiger partial charge in [-0.05, 0) is 49.7 Å². The van der Waals surface area contributed by atoms with Gasteiger partial charge in [-0.15, -0.1) is 21.5 Å². The maximum atomic E-state index is 13.7. The van der Waals surface area contributed by atoms with Crippen molar-refractivity contribution >= 4 is 39.1 Å². The van der Waals surface area contributed by atoms with Gasteiger partial charge in [0.1, 0.15) is 4.83 Å². The highest BCUT2D eigenvalue weighted by atomic mass is 32.2. The molecule has 31 heavy (non-hydrogen) atoms. The van der Waals surface area contributed by atoms with Crippen LogP contribution in [0.4, 0.5) is 0 Å². The standard InChI is InChI=1S/C24H26N4OS2/c29-22-21-25-26-24(30-15-16-9-3-1-4-10-16)28(21)20-18-13-7-8-14-19(18)31-23(20)27(22)17-11-5-2-6-12-17/h1,3-4,9-10,17H,2,5-8,11-15H2. The van der Waals surface area contributed by atoms with E-state index in [-0.39, 0.29) is 5.56 Å². The number of rotatable bonds is 4. The van der Waals surface area contributed by atoms with E-state index in [1.165, 1.54) is 53.6 Å². The highest BCUT2D eigenvalue weighted by Gasteiger charge is 2.28. The summed E-state index contributed by atoms with van der Waals surface area (Å²) in [6.45, 7) is 0. The zero-order chi connectivity index (χ0) is 20.8.